The summed E-state index contributed by atoms with van der Waals surface area (Å²) in [5.41, 5.74) is 3.00. The molecule has 0 radical (unpaired) electrons. The Morgan fingerprint density at radius 3 is 2.82 bits per heavy atom. The number of aliphatic imine (C=N–C) groups is 1. The molecule has 1 aliphatic heterocycles. The van der Waals surface area contributed by atoms with E-state index in [1.165, 1.54) is 0 Å². The van der Waals surface area contributed by atoms with Gasteiger partial charge in [-0.3, -0.25) is 14.6 Å². The molecule has 6 heteroatoms. The van der Waals surface area contributed by atoms with E-state index < -0.39 is 11.8 Å². The first-order valence-electron chi connectivity index (χ1n) is 9.76. The van der Waals surface area contributed by atoms with Crippen LogP contribution in [0.4, 0.5) is 0 Å². The Kier molecular flexibility index (Phi) is 6.62. The fourth-order valence-electron chi connectivity index (χ4n) is 3.94. The molecule has 0 saturated carbocycles. The van der Waals surface area contributed by atoms with Crippen molar-refractivity contribution in [3.63, 3.8) is 0 Å². The summed E-state index contributed by atoms with van der Waals surface area (Å²) < 4.78 is 16.1. The number of Topliss-reactive ketones (excluding diaryl/α,β-unsaturated/α-hetero) is 1. The van der Waals surface area contributed by atoms with E-state index in [9.17, 15) is 9.59 Å². The van der Waals surface area contributed by atoms with E-state index in [4.69, 9.17) is 14.2 Å². The zero-order chi connectivity index (χ0) is 20.1. The van der Waals surface area contributed by atoms with Gasteiger partial charge in [0.05, 0.1) is 13.7 Å². The summed E-state index contributed by atoms with van der Waals surface area (Å²) >= 11 is 0. The fourth-order valence-corrected chi connectivity index (χ4v) is 3.94. The smallest absolute Gasteiger partial charge is 0.315 e. The van der Waals surface area contributed by atoms with Gasteiger partial charge in [-0.05, 0) is 44.4 Å². The zero-order valence-corrected chi connectivity index (χ0v) is 16.7. The first-order chi connectivity index (χ1) is 13.6. The van der Waals surface area contributed by atoms with Crippen molar-refractivity contribution in [1.82, 2.24) is 0 Å². The van der Waals surface area contributed by atoms with Crippen LogP contribution in [0, 0.1) is 5.92 Å². The predicted octanol–water partition coefficient (Wildman–Crippen LogP) is 3.46. The third-order valence-electron chi connectivity index (χ3n) is 5.22. The minimum absolute atomic E-state index is 0.0671. The van der Waals surface area contributed by atoms with Gasteiger partial charge in [0.2, 0.25) is 0 Å². The number of hydrogen-bond acceptors (Lipinski definition) is 6. The van der Waals surface area contributed by atoms with Crippen LogP contribution in [0.3, 0.4) is 0 Å². The molecule has 0 bridgehead atoms. The van der Waals surface area contributed by atoms with Crippen LogP contribution < -0.4 is 4.74 Å². The predicted molar refractivity (Wildman–Crippen MR) is 106 cm³/mol. The third kappa shape index (κ3) is 4.17. The highest BCUT2D eigenvalue weighted by Crippen LogP contribution is 2.44. The molecule has 1 unspecified atom stereocenters. The Morgan fingerprint density at radius 2 is 2.07 bits per heavy atom. The number of ketones is 1. The maximum atomic E-state index is 13.0. The van der Waals surface area contributed by atoms with Gasteiger partial charge in [-0.15, -0.1) is 0 Å². The summed E-state index contributed by atoms with van der Waals surface area (Å²) in [5.74, 6) is -0.660. The highest BCUT2D eigenvalue weighted by Gasteiger charge is 2.43. The maximum Gasteiger partial charge on any atom is 0.315 e. The van der Waals surface area contributed by atoms with E-state index >= 15 is 0 Å². The first-order valence-corrected chi connectivity index (χ1v) is 9.76. The van der Waals surface area contributed by atoms with Crippen molar-refractivity contribution >= 4 is 17.5 Å². The highest BCUT2D eigenvalue weighted by atomic mass is 16.6. The number of benzene rings is 1. The summed E-state index contributed by atoms with van der Waals surface area (Å²) in [4.78, 5) is 30.4. The van der Waals surface area contributed by atoms with Crippen molar-refractivity contribution in [1.29, 1.82) is 0 Å². The van der Waals surface area contributed by atoms with Gasteiger partial charge in [0, 0.05) is 35.9 Å². The summed E-state index contributed by atoms with van der Waals surface area (Å²) in [6, 6.07) is 7.54. The molecule has 150 valence electrons. The lowest BCUT2D eigenvalue weighted by atomic mass is 9.72. The Labute approximate surface area is 165 Å². The Bertz CT molecular complexity index is 811. The van der Waals surface area contributed by atoms with E-state index in [2.05, 4.69) is 4.99 Å². The molecule has 0 fully saturated rings. The largest absolute Gasteiger partial charge is 0.497 e. The molecule has 1 aliphatic carbocycles. The lowest BCUT2D eigenvalue weighted by Crippen LogP contribution is -2.37. The van der Waals surface area contributed by atoms with Crippen molar-refractivity contribution < 1.29 is 23.8 Å². The van der Waals surface area contributed by atoms with E-state index in [-0.39, 0.29) is 18.4 Å². The molecule has 1 aromatic rings. The summed E-state index contributed by atoms with van der Waals surface area (Å²) in [6.45, 7) is 4.83. The lowest BCUT2D eigenvalue weighted by molar-refractivity contribution is -0.148. The number of carbonyl (C=O) groups is 2. The second-order valence-electron chi connectivity index (χ2n) is 6.99. The van der Waals surface area contributed by atoms with Gasteiger partial charge in [-0.2, -0.15) is 0 Å². The molecule has 3 rings (SSSR count). The Hall–Kier alpha value is -2.47. The Balaban J connectivity index is 1.99. The van der Waals surface area contributed by atoms with Crippen LogP contribution >= 0.6 is 0 Å². The number of hydrogen-bond donors (Lipinski definition) is 0. The van der Waals surface area contributed by atoms with Crippen LogP contribution in [0.1, 0.15) is 44.6 Å². The summed E-state index contributed by atoms with van der Waals surface area (Å²) in [5, 5.41) is 0. The number of allylic oxidation sites excluding steroid dienone is 2. The normalized spacial score (nSPS) is 21.8. The summed E-state index contributed by atoms with van der Waals surface area (Å²) in [7, 11) is 1.60. The molecule has 0 saturated heterocycles. The second-order valence-corrected chi connectivity index (χ2v) is 6.99. The number of esters is 1. The van der Waals surface area contributed by atoms with E-state index in [1.807, 2.05) is 38.1 Å². The average Bonchev–Trinajstić information content (AvgIpc) is 2.70. The van der Waals surface area contributed by atoms with Crippen molar-refractivity contribution in [3.05, 3.63) is 41.1 Å². The molecule has 28 heavy (non-hydrogen) atoms. The van der Waals surface area contributed by atoms with E-state index in [1.54, 1.807) is 7.11 Å². The van der Waals surface area contributed by atoms with Crippen LogP contribution in [0.25, 0.3) is 0 Å². The van der Waals surface area contributed by atoms with Gasteiger partial charge >= 0.3 is 5.97 Å². The number of rotatable bonds is 7. The molecule has 0 aromatic heterocycles. The van der Waals surface area contributed by atoms with Crippen molar-refractivity contribution in [3.8, 4) is 5.75 Å². The zero-order valence-electron chi connectivity index (χ0n) is 16.7. The van der Waals surface area contributed by atoms with Crippen molar-refractivity contribution in [2.24, 2.45) is 10.9 Å². The molecule has 0 spiro atoms. The number of nitrogens with zero attached hydrogens (tertiary/aromatic N) is 1. The quantitative estimate of drug-likeness (QED) is 0.531. The molecule has 1 heterocycles. The van der Waals surface area contributed by atoms with Crippen molar-refractivity contribution in [2.75, 3.05) is 26.9 Å². The molecule has 0 amide bonds. The topological polar surface area (TPSA) is 74.2 Å². The van der Waals surface area contributed by atoms with Crippen molar-refractivity contribution in [2.45, 2.75) is 39.0 Å². The van der Waals surface area contributed by atoms with Crippen LogP contribution in [0.15, 0.2) is 40.5 Å². The molecule has 2 aliphatic rings. The molecule has 2 atom stereocenters. The molecular formula is C22H27NO5. The molecule has 0 N–H and O–H groups in total. The van der Waals surface area contributed by atoms with Crippen LogP contribution in [0.5, 0.6) is 5.75 Å². The SMILES string of the molecule is CCOCCOC(=O)C1C(C)=NC2=C(C(=O)CCC2)[C@H]1c1cccc(OC)c1. The van der Waals surface area contributed by atoms with Gasteiger partial charge in [0.15, 0.2) is 5.78 Å². The van der Waals surface area contributed by atoms with E-state index in [0.717, 1.165) is 24.1 Å². The summed E-state index contributed by atoms with van der Waals surface area (Å²) in [6.07, 6.45) is 2.04. The fraction of sp³-hybridized carbons (Fsp3) is 0.500. The number of methoxy groups -OCH3 is 1. The second kappa shape index (κ2) is 9.15. The third-order valence-corrected chi connectivity index (χ3v) is 5.22. The van der Waals surface area contributed by atoms with Gasteiger partial charge in [-0.25, -0.2) is 0 Å². The first kappa shape index (κ1) is 20.3. The minimum atomic E-state index is -0.630. The van der Waals surface area contributed by atoms with Gasteiger partial charge in [0.1, 0.15) is 18.3 Å². The monoisotopic (exact) mass is 385 g/mol. The number of ether oxygens (including phenoxy) is 3. The van der Waals surface area contributed by atoms with Crippen LogP contribution in [-0.4, -0.2) is 44.4 Å². The van der Waals surface area contributed by atoms with Crippen LogP contribution in [0.2, 0.25) is 0 Å². The molecule has 6 nitrogen and oxygen atoms in total. The highest BCUT2D eigenvalue weighted by molar-refractivity contribution is 6.08. The molecular weight excluding hydrogens is 358 g/mol. The average molecular weight is 385 g/mol. The molecule has 1 aromatic carbocycles. The maximum absolute atomic E-state index is 13.0. The Morgan fingerprint density at radius 1 is 1.25 bits per heavy atom. The van der Waals surface area contributed by atoms with Gasteiger partial charge in [-0.1, -0.05) is 12.1 Å². The van der Waals surface area contributed by atoms with Gasteiger partial charge < -0.3 is 14.2 Å². The lowest BCUT2D eigenvalue weighted by Gasteiger charge is -2.34. The van der Waals surface area contributed by atoms with E-state index in [0.29, 0.717) is 36.7 Å². The van der Waals surface area contributed by atoms with Crippen LogP contribution in [-0.2, 0) is 19.1 Å². The minimum Gasteiger partial charge on any atom is -0.497 e. The van der Waals surface area contributed by atoms with Gasteiger partial charge in [0.25, 0.3) is 0 Å². The standard InChI is InChI=1S/C22H27NO5/c1-4-27-11-12-28-22(25)19-14(2)23-17-9-6-10-18(24)21(17)20(19)15-7-5-8-16(13-15)26-3/h5,7-8,13,19-20H,4,6,9-12H2,1-3H3/t19?,20-/m0/s1. The number of carbonyl (C=O) groups excluding carboxylic acids is 2.